The lowest BCUT2D eigenvalue weighted by Crippen LogP contribution is -2.39. The van der Waals surface area contributed by atoms with Gasteiger partial charge in [0.05, 0.1) is 6.54 Å². The summed E-state index contributed by atoms with van der Waals surface area (Å²) in [6.45, 7) is 4.49. The molecule has 0 aliphatic carbocycles. The highest BCUT2D eigenvalue weighted by Gasteiger charge is 2.28. The predicted octanol–water partition coefficient (Wildman–Crippen LogP) is 1.08. The molecule has 0 atom stereocenters. The standard InChI is InChI=1S/C13H24N2O4S/c1-4-13(5-2,10-16)9-15-20(17,18)12-7-6-11(19-12)8-14-3/h6-7,14-16H,4-5,8-10H2,1-3H3. The van der Waals surface area contributed by atoms with E-state index in [0.29, 0.717) is 25.1 Å². The summed E-state index contributed by atoms with van der Waals surface area (Å²) in [5, 5.41) is 12.2. The highest BCUT2D eigenvalue weighted by atomic mass is 32.2. The first-order valence-corrected chi connectivity index (χ1v) is 8.25. The van der Waals surface area contributed by atoms with E-state index in [2.05, 4.69) is 10.0 Å². The molecular weight excluding hydrogens is 280 g/mol. The Morgan fingerprint density at radius 1 is 1.30 bits per heavy atom. The van der Waals surface area contributed by atoms with E-state index in [1.54, 1.807) is 13.1 Å². The fourth-order valence-corrected chi connectivity index (χ4v) is 2.97. The summed E-state index contributed by atoms with van der Waals surface area (Å²) in [6, 6.07) is 3.07. The lowest BCUT2D eigenvalue weighted by molar-refractivity contribution is 0.119. The molecule has 0 aliphatic heterocycles. The van der Waals surface area contributed by atoms with Crippen molar-refractivity contribution in [3.8, 4) is 0 Å². The fourth-order valence-electron chi connectivity index (χ4n) is 1.87. The molecule has 1 heterocycles. The number of nitrogens with one attached hydrogen (secondary N) is 2. The zero-order chi connectivity index (χ0) is 15.2. The number of aliphatic hydroxyl groups excluding tert-OH is 1. The summed E-state index contributed by atoms with van der Waals surface area (Å²) in [7, 11) is -1.92. The second kappa shape index (κ2) is 7.21. The van der Waals surface area contributed by atoms with E-state index in [1.165, 1.54) is 6.07 Å². The van der Waals surface area contributed by atoms with Crippen molar-refractivity contribution in [2.24, 2.45) is 5.41 Å². The van der Waals surface area contributed by atoms with Gasteiger partial charge >= 0.3 is 0 Å². The van der Waals surface area contributed by atoms with Crippen molar-refractivity contribution in [1.82, 2.24) is 10.0 Å². The summed E-state index contributed by atoms with van der Waals surface area (Å²) in [6.07, 6.45) is 1.40. The van der Waals surface area contributed by atoms with Gasteiger partial charge in [0.1, 0.15) is 5.76 Å². The molecule has 1 rings (SSSR count). The van der Waals surface area contributed by atoms with Crippen molar-refractivity contribution in [3.63, 3.8) is 0 Å². The Balaban J connectivity index is 2.78. The number of hydrogen-bond acceptors (Lipinski definition) is 5. The van der Waals surface area contributed by atoms with E-state index < -0.39 is 15.4 Å². The third-order valence-electron chi connectivity index (χ3n) is 3.73. The molecule has 20 heavy (non-hydrogen) atoms. The molecule has 1 aromatic heterocycles. The van der Waals surface area contributed by atoms with Crippen molar-refractivity contribution < 1.29 is 17.9 Å². The monoisotopic (exact) mass is 304 g/mol. The Hall–Kier alpha value is -0.890. The van der Waals surface area contributed by atoms with Gasteiger partial charge in [-0.15, -0.1) is 0 Å². The highest BCUT2D eigenvalue weighted by Crippen LogP contribution is 2.25. The van der Waals surface area contributed by atoms with Crippen molar-refractivity contribution in [3.05, 3.63) is 17.9 Å². The molecule has 7 heteroatoms. The summed E-state index contributed by atoms with van der Waals surface area (Å²) in [5.74, 6) is 0.562. The van der Waals surface area contributed by atoms with E-state index in [9.17, 15) is 13.5 Å². The first-order valence-electron chi connectivity index (χ1n) is 6.77. The second-order valence-electron chi connectivity index (χ2n) is 4.94. The van der Waals surface area contributed by atoms with Gasteiger partial charge in [0.25, 0.3) is 10.0 Å². The third kappa shape index (κ3) is 4.05. The Morgan fingerprint density at radius 3 is 2.45 bits per heavy atom. The van der Waals surface area contributed by atoms with Gasteiger partial charge in [0, 0.05) is 18.6 Å². The van der Waals surface area contributed by atoms with Gasteiger partial charge in [0.2, 0.25) is 5.09 Å². The van der Waals surface area contributed by atoms with Gasteiger partial charge < -0.3 is 14.8 Å². The molecule has 0 radical (unpaired) electrons. The molecular formula is C13H24N2O4S. The van der Waals surface area contributed by atoms with Crippen LogP contribution in [0.5, 0.6) is 0 Å². The fraction of sp³-hybridized carbons (Fsp3) is 0.692. The van der Waals surface area contributed by atoms with Crippen LogP contribution < -0.4 is 10.0 Å². The molecule has 0 aromatic carbocycles. The van der Waals surface area contributed by atoms with E-state index in [-0.39, 0.29) is 18.2 Å². The van der Waals surface area contributed by atoms with Crippen LogP contribution in [0.4, 0.5) is 0 Å². The Labute approximate surface area is 120 Å². The quantitative estimate of drug-likeness (QED) is 0.635. The zero-order valence-corrected chi connectivity index (χ0v) is 13.1. The molecule has 116 valence electrons. The SMILES string of the molecule is CCC(CC)(CO)CNS(=O)(=O)c1ccc(CNC)o1. The molecule has 0 amide bonds. The zero-order valence-electron chi connectivity index (χ0n) is 12.3. The van der Waals surface area contributed by atoms with E-state index in [0.717, 1.165) is 0 Å². The number of rotatable bonds is 9. The minimum absolute atomic E-state index is 0.0499. The second-order valence-corrected chi connectivity index (χ2v) is 6.64. The van der Waals surface area contributed by atoms with Gasteiger partial charge in [-0.2, -0.15) is 0 Å². The number of hydrogen-bond donors (Lipinski definition) is 3. The highest BCUT2D eigenvalue weighted by molar-refractivity contribution is 7.89. The van der Waals surface area contributed by atoms with Gasteiger partial charge in [0.15, 0.2) is 0 Å². The molecule has 0 saturated heterocycles. The summed E-state index contributed by atoms with van der Waals surface area (Å²) in [4.78, 5) is 0. The van der Waals surface area contributed by atoms with E-state index >= 15 is 0 Å². The maximum Gasteiger partial charge on any atom is 0.273 e. The third-order valence-corrected chi connectivity index (χ3v) is 5.00. The lowest BCUT2D eigenvalue weighted by Gasteiger charge is -2.29. The molecule has 0 saturated carbocycles. The van der Waals surface area contributed by atoms with Crippen molar-refractivity contribution in [2.45, 2.75) is 38.3 Å². The molecule has 3 N–H and O–H groups in total. The van der Waals surface area contributed by atoms with Crippen LogP contribution in [-0.4, -0.2) is 33.7 Å². The van der Waals surface area contributed by atoms with Gasteiger partial charge in [-0.3, -0.25) is 0 Å². The molecule has 0 spiro atoms. The smallest absolute Gasteiger partial charge is 0.273 e. The van der Waals surface area contributed by atoms with Gasteiger partial charge in [-0.25, -0.2) is 13.1 Å². The van der Waals surface area contributed by atoms with Crippen LogP contribution in [0.3, 0.4) is 0 Å². The van der Waals surface area contributed by atoms with Crippen LogP contribution in [0.2, 0.25) is 0 Å². The number of sulfonamides is 1. The van der Waals surface area contributed by atoms with Crippen LogP contribution in [0, 0.1) is 5.41 Å². The average molecular weight is 304 g/mol. The maximum absolute atomic E-state index is 12.1. The van der Waals surface area contributed by atoms with Gasteiger partial charge in [-0.05, 0) is 32.0 Å². The van der Waals surface area contributed by atoms with Crippen molar-refractivity contribution in [1.29, 1.82) is 0 Å². The van der Waals surface area contributed by atoms with Gasteiger partial charge in [-0.1, -0.05) is 13.8 Å². The minimum atomic E-state index is -3.68. The average Bonchev–Trinajstić information content (AvgIpc) is 2.91. The van der Waals surface area contributed by atoms with E-state index in [1.807, 2.05) is 13.8 Å². The number of aliphatic hydroxyl groups is 1. The van der Waals surface area contributed by atoms with Crippen molar-refractivity contribution >= 4 is 10.0 Å². The van der Waals surface area contributed by atoms with Crippen LogP contribution in [0.25, 0.3) is 0 Å². The van der Waals surface area contributed by atoms with Crippen LogP contribution in [0.1, 0.15) is 32.4 Å². The Bertz CT molecular complexity index is 498. The summed E-state index contributed by atoms with van der Waals surface area (Å²) in [5.41, 5.74) is -0.423. The minimum Gasteiger partial charge on any atom is -0.447 e. The topological polar surface area (TPSA) is 91.6 Å². The summed E-state index contributed by atoms with van der Waals surface area (Å²) >= 11 is 0. The molecule has 0 bridgehead atoms. The van der Waals surface area contributed by atoms with Crippen LogP contribution in [0.15, 0.2) is 21.6 Å². The number of furan rings is 1. The largest absolute Gasteiger partial charge is 0.447 e. The first-order chi connectivity index (χ1) is 9.43. The molecule has 1 aromatic rings. The molecule has 0 fully saturated rings. The Morgan fingerprint density at radius 2 is 1.95 bits per heavy atom. The molecule has 0 aliphatic rings. The first kappa shape index (κ1) is 17.2. The lowest BCUT2D eigenvalue weighted by atomic mass is 9.84. The normalized spacial score (nSPS) is 12.8. The van der Waals surface area contributed by atoms with Crippen LogP contribution >= 0.6 is 0 Å². The van der Waals surface area contributed by atoms with Crippen LogP contribution in [-0.2, 0) is 16.6 Å². The summed E-state index contributed by atoms with van der Waals surface area (Å²) < 4.78 is 32.1. The predicted molar refractivity (Wildman–Crippen MR) is 76.8 cm³/mol. The molecule has 6 nitrogen and oxygen atoms in total. The van der Waals surface area contributed by atoms with E-state index in [4.69, 9.17) is 4.42 Å². The Kier molecular flexibility index (Phi) is 6.19. The van der Waals surface area contributed by atoms with Crippen molar-refractivity contribution in [2.75, 3.05) is 20.2 Å². The molecule has 0 unspecified atom stereocenters. The maximum atomic E-state index is 12.1.